The van der Waals surface area contributed by atoms with E-state index in [1.165, 1.54) is 38.9 Å². The van der Waals surface area contributed by atoms with E-state index < -0.39 is 0 Å². The average Bonchev–Trinajstić information content (AvgIpc) is 2.74. The van der Waals surface area contributed by atoms with Crippen LogP contribution in [0.25, 0.3) is 22.3 Å². The van der Waals surface area contributed by atoms with E-state index in [0.29, 0.717) is 0 Å². The van der Waals surface area contributed by atoms with Crippen LogP contribution in [0.2, 0.25) is 0 Å². The molecule has 4 rings (SSSR count). The van der Waals surface area contributed by atoms with Crippen LogP contribution in [-0.4, -0.2) is 0 Å². The smallest absolute Gasteiger partial charge is 0.0464 e. The molecule has 0 saturated carbocycles. The Balaban J connectivity index is 1.74. The molecule has 0 radical (unpaired) electrons. The Hall–Kier alpha value is -3.32. The van der Waals surface area contributed by atoms with E-state index >= 15 is 0 Å². The summed E-state index contributed by atoms with van der Waals surface area (Å²) < 4.78 is 0. The monoisotopic (exact) mass is 405 g/mol. The minimum absolute atomic E-state index is 0.102. The van der Waals surface area contributed by atoms with Gasteiger partial charge in [0.15, 0.2) is 0 Å². The van der Waals surface area contributed by atoms with E-state index in [0.717, 1.165) is 11.4 Å². The maximum absolute atomic E-state index is 3.69. The standard InChI is InChI=1S/C30H31N/c1-21-14-16-27(22(2)18-21)24-12-9-13-26(19-24)31-29-17-15-25(30(3,4)5)20-28(29)23-10-7-6-8-11-23/h6-20,31H,1-5H3. The molecule has 0 amide bonds. The zero-order chi connectivity index (χ0) is 22.0. The number of hydrogen-bond donors (Lipinski definition) is 1. The van der Waals surface area contributed by atoms with E-state index in [9.17, 15) is 0 Å². The molecule has 0 aromatic heterocycles. The third-order valence-corrected chi connectivity index (χ3v) is 5.80. The zero-order valence-corrected chi connectivity index (χ0v) is 19.2. The second-order valence-corrected chi connectivity index (χ2v) is 9.40. The van der Waals surface area contributed by atoms with Crippen molar-refractivity contribution in [3.05, 3.63) is 108 Å². The third-order valence-electron chi connectivity index (χ3n) is 5.80. The molecule has 1 N–H and O–H groups in total. The van der Waals surface area contributed by atoms with E-state index in [1.54, 1.807) is 0 Å². The lowest BCUT2D eigenvalue weighted by Crippen LogP contribution is -2.11. The van der Waals surface area contributed by atoms with Crippen molar-refractivity contribution in [1.29, 1.82) is 0 Å². The second-order valence-electron chi connectivity index (χ2n) is 9.40. The number of aryl methyl sites for hydroxylation is 2. The summed E-state index contributed by atoms with van der Waals surface area (Å²) in [6.45, 7) is 11.1. The van der Waals surface area contributed by atoms with E-state index in [1.807, 2.05) is 0 Å². The van der Waals surface area contributed by atoms with Crippen molar-refractivity contribution in [2.45, 2.75) is 40.0 Å². The lowest BCUT2D eigenvalue weighted by molar-refractivity contribution is 0.590. The zero-order valence-electron chi connectivity index (χ0n) is 19.2. The summed E-state index contributed by atoms with van der Waals surface area (Å²) in [7, 11) is 0. The molecule has 4 aromatic rings. The molecule has 1 heteroatoms. The predicted molar refractivity (Wildman–Crippen MR) is 135 cm³/mol. The summed E-state index contributed by atoms with van der Waals surface area (Å²) in [5.74, 6) is 0. The van der Waals surface area contributed by atoms with Gasteiger partial charge in [-0.25, -0.2) is 0 Å². The average molecular weight is 406 g/mol. The van der Waals surface area contributed by atoms with Crippen LogP contribution in [0.15, 0.2) is 91.0 Å². The lowest BCUT2D eigenvalue weighted by Gasteiger charge is -2.22. The van der Waals surface area contributed by atoms with Gasteiger partial charge in [-0.2, -0.15) is 0 Å². The molecule has 0 saturated heterocycles. The fourth-order valence-corrected chi connectivity index (χ4v) is 4.03. The van der Waals surface area contributed by atoms with Crippen LogP contribution in [0.1, 0.15) is 37.5 Å². The van der Waals surface area contributed by atoms with Crippen molar-refractivity contribution >= 4 is 11.4 Å². The van der Waals surface area contributed by atoms with Gasteiger partial charge in [-0.15, -0.1) is 0 Å². The largest absolute Gasteiger partial charge is 0.355 e. The van der Waals surface area contributed by atoms with Crippen molar-refractivity contribution in [1.82, 2.24) is 0 Å². The van der Waals surface area contributed by atoms with Gasteiger partial charge in [-0.1, -0.05) is 93.1 Å². The van der Waals surface area contributed by atoms with Crippen LogP contribution in [0.5, 0.6) is 0 Å². The highest BCUT2D eigenvalue weighted by Crippen LogP contribution is 2.36. The maximum atomic E-state index is 3.69. The lowest BCUT2D eigenvalue weighted by atomic mass is 9.85. The third kappa shape index (κ3) is 4.72. The molecule has 0 aliphatic carbocycles. The molecule has 156 valence electrons. The number of rotatable bonds is 4. The number of hydrogen-bond acceptors (Lipinski definition) is 1. The summed E-state index contributed by atoms with van der Waals surface area (Å²) in [4.78, 5) is 0. The molecule has 0 fully saturated rings. The van der Waals surface area contributed by atoms with Crippen molar-refractivity contribution in [2.75, 3.05) is 5.32 Å². The minimum atomic E-state index is 0.102. The quantitative estimate of drug-likeness (QED) is 0.358. The normalized spacial score (nSPS) is 11.4. The van der Waals surface area contributed by atoms with Gasteiger partial charge in [-0.3, -0.25) is 0 Å². The number of benzene rings is 4. The Morgan fingerprint density at radius 2 is 1.35 bits per heavy atom. The molecule has 0 bridgehead atoms. The van der Waals surface area contributed by atoms with Gasteiger partial charge in [0, 0.05) is 16.9 Å². The van der Waals surface area contributed by atoms with E-state index in [2.05, 4.69) is 131 Å². The van der Waals surface area contributed by atoms with Gasteiger partial charge in [0.25, 0.3) is 0 Å². The first-order valence-corrected chi connectivity index (χ1v) is 11.0. The van der Waals surface area contributed by atoms with Crippen molar-refractivity contribution in [3.63, 3.8) is 0 Å². The van der Waals surface area contributed by atoms with E-state index in [-0.39, 0.29) is 5.41 Å². The summed E-state index contributed by atoms with van der Waals surface area (Å²) >= 11 is 0. The van der Waals surface area contributed by atoms with Crippen LogP contribution in [0.4, 0.5) is 11.4 Å². The van der Waals surface area contributed by atoms with Gasteiger partial charge in [0.05, 0.1) is 0 Å². The maximum Gasteiger partial charge on any atom is 0.0464 e. The highest BCUT2D eigenvalue weighted by atomic mass is 14.9. The number of nitrogens with one attached hydrogen (secondary N) is 1. The van der Waals surface area contributed by atoms with Crippen molar-refractivity contribution < 1.29 is 0 Å². The first-order valence-electron chi connectivity index (χ1n) is 11.0. The Bertz CT molecular complexity index is 1200. The Morgan fingerprint density at radius 1 is 0.613 bits per heavy atom. The molecule has 0 unspecified atom stereocenters. The van der Waals surface area contributed by atoms with Gasteiger partial charge < -0.3 is 5.32 Å². The molecule has 1 nitrogen and oxygen atoms in total. The molecule has 0 atom stereocenters. The first kappa shape index (κ1) is 20.9. The first-order chi connectivity index (χ1) is 14.8. The topological polar surface area (TPSA) is 12.0 Å². The molecule has 0 spiro atoms. The fourth-order valence-electron chi connectivity index (χ4n) is 4.03. The van der Waals surface area contributed by atoms with Crippen molar-refractivity contribution in [3.8, 4) is 22.3 Å². The Morgan fingerprint density at radius 3 is 2.06 bits per heavy atom. The van der Waals surface area contributed by atoms with Gasteiger partial charge in [0.1, 0.15) is 0 Å². The summed E-state index contributed by atoms with van der Waals surface area (Å²) in [6.07, 6.45) is 0. The number of anilines is 2. The van der Waals surface area contributed by atoms with Crippen LogP contribution in [0.3, 0.4) is 0 Å². The highest BCUT2D eigenvalue weighted by molar-refractivity contribution is 5.83. The molecule has 0 aliphatic heterocycles. The SMILES string of the molecule is Cc1ccc(-c2cccc(Nc3ccc(C(C)(C)C)cc3-c3ccccc3)c2)c(C)c1. The highest BCUT2D eigenvalue weighted by Gasteiger charge is 2.16. The van der Waals surface area contributed by atoms with Crippen LogP contribution < -0.4 is 5.32 Å². The molecule has 31 heavy (non-hydrogen) atoms. The van der Waals surface area contributed by atoms with E-state index in [4.69, 9.17) is 0 Å². The van der Waals surface area contributed by atoms with Crippen LogP contribution in [0, 0.1) is 13.8 Å². The molecule has 0 heterocycles. The summed E-state index contributed by atoms with van der Waals surface area (Å²) in [6, 6.07) is 32.7. The van der Waals surface area contributed by atoms with Crippen LogP contribution in [-0.2, 0) is 5.41 Å². The molecular weight excluding hydrogens is 374 g/mol. The van der Waals surface area contributed by atoms with Gasteiger partial charge in [-0.05, 0) is 71.3 Å². The van der Waals surface area contributed by atoms with Gasteiger partial charge >= 0.3 is 0 Å². The summed E-state index contributed by atoms with van der Waals surface area (Å²) in [5, 5.41) is 3.69. The Kier molecular flexibility index (Phi) is 5.69. The molecular formula is C30H31N. The predicted octanol–water partition coefficient (Wildman–Crippen LogP) is 8.68. The van der Waals surface area contributed by atoms with Gasteiger partial charge in [0.2, 0.25) is 0 Å². The summed E-state index contributed by atoms with van der Waals surface area (Å²) in [5.41, 5.74) is 11.2. The molecule has 4 aromatic carbocycles. The fraction of sp³-hybridized carbons (Fsp3) is 0.200. The molecule has 0 aliphatic rings. The minimum Gasteiger partial charge on any atom is -0.355 e. The van der Waals surface area contributed by atoms with Crippen LogP contribution >= 0.6 is 0 Å². The van der Waals surface area contributed by atoms with Crippen molar-refractivity contribution in [2.24, 2.45) is 0 Å². The second kappa shape index (κ2) is 8.43. The Labute approximate surface area is 186 Å².